The van der Waals surface area contributed by atoms with Gasteiger partial charge in [0.15, 0.2) is 0 Å². The number of unbranched alkanes of at least 4 members (excludes halogenated alkanes) is 1. The number of aliphatic carboxylic acids is 1. The van der Waals surface area contributed by atoms with E-state index >= 15 is 0 Å². The molecule has 0 bridgehead atoms. The number of hydrogen-bond acceptors (Lipinski definition) is 4. The summed E-state index contributed by atoms with van der Waals surface area (Å²) in [5.41, 5.74) is 5.39. The molecule has 1 unspecified atom stereocenters. The predicted molar refractivity (Wildman–Crippen MR) is 80.0 cm³/mol. The van der Waals surface area contributed by atoms with E-state index in [1.54, 1.807) is 0 Å². The van der Waals surface area contributed by atoms with Crippen LogP contribution in [0.25, 0.3) is 0 Å². The van der Waals surface area contributed by atoms with Gasteiger partial charge in [0.2, 0.25) is 0 Å². The molecule has 1 amide bonds. The number of nitrogens with one attached hydrogen (secondary N) is 1. The van der Waals surface area contributed by atoms with E-state index in [9.17, 15) is 9.59 Å². The molecule has 1 aliphatic rings. The molecule has 0 saturated heterocycles. The molecular formula is C15H26N2O4. The van der Waals surface area contributed by atoms with Gasteiger partial charge >= 0.3 is 12.1 Å². The minimum absolute atomic E-state index is 0.134. The van der Waals surface area contributed by atoms with Gasteiger partial charge < -0.3 is 20.9 Å². The van der Waals surface area contributed by atoms with Crippen LogP contribution in [-0.2, 0) is 9.53 Å². The van der Waals surface area contributed by atoms with E-state index in [1.807, 2.05) is 6.08 Å². The third-order valence-electron chi connectivity index (χ3n) is 3.50. The Morgan fingerprint density at radius 2 is 2.14 bits per heavy atom. The Hall–Kier alpha value is -1.56. The average Bonchev–Trinajstić information content (AvgIpc) is 2.41. The van der Waals surface area contributed by atoms with Crippen LogP contribution < -0.4 is 11.1 Å². The SMILES string of the molecule is N[C@@H](CCCCNC(=O)OC1/C=C\CCCCC1)C(=O)O. The number of carbonyl (C=O) groups is 2. The number of amides is 1. The zero-order valence-electron chi connectivity index (χ0n) is 12.4. The van der Waals surface area contributed by atoms with Crippen LogP contribution in [0, 0.1) is 0 Å². The van der Waals surface area contributed by atoms with Crippen molar-refractivity contribution in [3.05, 3.63) is 12.2 Å². The van der Waals surface area contributed by atoms with Gasteiger partial charge in [0.25, 0.3) is 0 Å². The van der Waals surface area contributed by atoms with E-state index in [2.05, 4.69) is 11.4 Å². The molecule has 0 aromatic carbocycles. The first-order valence-corrected chi connectivity index (χ1v) is 7.69. The lowest BCUT2D eigenvalue weighted by atomic mass is 10.0. The van der Waals surface area contributed by atoms with Crippen LogP contribution in [-0.4, -0.2) is 35.9 Å². The second kappa shape index (κ2) is 10.2. The van der Waals surface area contributed by atoms with Gasteiger partial charge in [-0.2, -0.15) is 0 Å². The van der Waals surface area contributed by atoms with Crippen LogP contribution >= 0.6 is 0 Å². The highest BCUT2D eigenvalue weighted by Crippen LogP contribution is 2.14. The van der Waals surface area contributed by atoms with Crippen LogP contribution in [0.4, 0.5) is 4.79 Å². The molecule has 0 heterocycles. The number of carboxylic acid groups (broad SMARTS) is 1. The molecular weight excluding hydrogens is 272 g/mol. The average molecular weight is 298 g/mol. The van der Waals surface area contributed by atoms with Gasteiger partial charge in [0.05, 0.1) is 0 Å². The second-order valence-electron chi connectivity index (χ2n) is 5.38. The quantitative estimate of drug-likeness (QED) is 0.494. The number of rotatable bonds is 7. The maximum atomic E-state index is 11.6. The van der Waals surface area contributed by atoms with E-state index in [-0.39, 0.29) is 6.10 Å². The molecule has 0 radical (unpaired) electrons. The molecule has 0 aliphatic heterocycles. The van der Waals surface area contributed by atoms with Crippen molar-refractivity contribution < 1.29 is 19.4 Å². The van der Waals surface area contributed by atoms with Crippen molar-refractivity contribution in [3.63, 3.8) is 0 Å². The van der Waals surface area contributed by atoms with Gasteiger partial charge in [0.1, 0.15) is 12.1 Å². The number of alkyl carbamates (subject to hydrolysis) is 1. The highest BCUT2D eigenvalue weighted by atomic mass is 16.6. The standard InChI is InChI=1S/C15H26N2O4/c16-13(14(18)19)10-6-7-11-17-15(20)21-12-8-4-2-1-3-5-9-12/h4,8,12-13H,1-3,5-7,9-11,16H2,(H,17,20)(H,18,19)/b8-4-/t12?,13-/m0/s1. The largest absolute Gasteiger partial charge is 0.480 e. The monoisotopic (exact) mass is 298 g/mol. The summed E-state index contributed by atoms with van der Waals surface area (Å²) in [7, 11) is 0. The van der Waals surface area contributed by atoms with Gasteiger partial charge in [0, 0.05) is 6.54 Å². The molecule has 1 rings (SSSR count). The first-order valence-electron chi connectivity index (χ1n) is 7.69. The van der Waals surface area contributed by atoms with Crippen molar-refractivity contribution in [2.75, 3.05) is 6.54 Å². The Kier molecular flexibility index (Phi) is 8.50. The maximum absolute atomic E-state index is 11.6. The minimum Gasteiger partial charge on any atom is -0.480 e. The molecule has 2 atom stereocenters. The van der Waals surface area contributed by atoms with Crippen molar-refractivity contribution >= 4 is 12.1 Å². The van der Waals surface area contributed by atoms with Gasteiger partial charge in [-0.1, -0.05) is 12.5 Å². The van der Waals surface area contributed by atoms with Crippen LogP contribution in [0.1, 0.15) is 51.4 Å². The summed E-state index contributed by atoms with van der Waals surface area (Å²) in [5.74, 6) is -0.988. The Morgan fingerprint density at radius 1 is 1.33 bits per heavy atom. The lowest BCUT2D eigenvalue weighted by Crippen LogP contribution is -2.31. The fraction of sp³-hybridized carbons (Fsp3) is 0.733. The summed E-state index contributed by atoms with van der Waals surface area (Å²) in [4.78, 5) is 22.2. The molecule has 0 aromatic rings. The summed E-state index contributed by atoms with van der Waals surface area (Å²) in [6, 6.07) is -0.822. The zero-order chi connectivity index (χ0) is 15.5. The number of ether oxygens (including phenoxy) is 1. The van der Waals surface area contributed by atoms with Gasteiger partial charge in [-0.3, -0.25) is 4.79 Å². The summed E-state index contributed by atoms with van der Waals surface area (Å²) in [6.45, 7) is 0.474. The molecule has 6 heteroatoms. The molecule has 1 aliphatic carbocycles. The number of nitrogens with two attached hydrogens (primary N) is 1. The molecule has 0 spiro atoms. The third-order valence-corrected chi connectivity index (χ3v) is 3.50. The smallest absolute Gasteiger partial charge is 0.407 e. The Labute approximate surface area is 125 Å². The van der Waals surface area contributed by atoms with E-state index in [4.69, 9.17) is 15.6 Å². The first-order chi connectivity index (χ1) is 10.1. The molecule has 4 N–H and O–H groups in total. The van der Waals surface area contributed by atoms with E-state index in [1.165, 1.54) is 12.8 Å². The Bertz CT molecular complexity index is 358. The van der Waals surface area contributed by atoms with Crippen molar-refractivity contribution in [1.29, 1.82) is 0 Å². The van der Waals surface area contributed by atoms with Gasteiger partial charge in [-0.15, -0.1) is 0 Å². The summed E-state index contributed by atoms with van der Waals surface area (Å²) < 4.78 is 5.34. The van der Waals surface area contributed by atoms with E-state index in [0.29, 0.717) is 25.8 Å². The van der Waals surface area contributed by atoms with Crippen molar-refractivity contribution in [3.8, 4) is 0 Å². The van der Waals surface area contributed by atoms with Crippen molar-refractivity contribution in [2.45, 2.75) is 63.5 Å². The van der Waals surface area contributed by atoms with E-state index < -0.39 is 18.1 Å². The third kappa shape index (κ3) is 8.34. The molecule has 0 aromatic heterocycles. The lowest BCUT2D eigenvalue weighted by molar-refractivity contribution is -0.138. The molecule has 120 valence electrons. The number of allylic oxidation sites excluding steroid dienone is 1. The zero-order valence-corrected chi connectivity index (χ0v) is 12.4. The molecule has 0 fully saturated rings. The molecule has 21 heavy (non-hydrogen) atoms. The highest BCUT2D eigenvalue weighted by Gasteiger charge is 2.13. The van der Waals surface area contributed by atoms with Crippen LogP contribution in [0.5, 0.6) is 0 Å². The fourth-order valence-electron chi connectivity index (χ4n) is 2.21. The first kappa shape index (κ1) is 17.5. The maximum Gasteiger partial charge on any atom is 0.407 e. The van der Waals surface area contributed by atoms with Crippen LogP contribution in [0.3, 0.4) is 0 Å². The fourth-order valence-corrected chi connectivity index (χ4v) is 2.21. The number of hydrogen-bond donors (Lipinski definition) is 3. The summed E-state index contributed by atoms with van der Waals surface area (Å²) in [6.07, 6.45) is 10.6. The molecule has 0 saturated carbocycles. The number of carboxylic acids is 1. The summed E-state index contributed by atoms with van der Waals surface area (Å²) >= 11 is 0. The van der Waals surface area contributed by atoms with Crippen molar-refractivity contribution in [2.24, 2.45) is 5.73 Å². The molecule has 6 nitrogen and oxygen atoms in total. The predicted octanol–water partition coefficient (Wildman–Crippen LogP) is 2.18. The van der Waals surface area contributed by atoms with E-state index in [0.717, 1.165) is 19.3 Å². The van der Waals surface area contributed by atoms with Gasteiger partial charge in [-0.05, 0) is 51.0 Å². The van der Waals surface area contributed by atoms with Crippen LogP contribution in [0.2, 0.25) is 0 Å². The number of carbonyl (C=O) groups excluding carboxylic acids is 1. The highest BCUT2D eigenvalue weighted by molar-refractivity contribution is 5.72. The lowest BCUT2D eigenvalue weighted by Gasteiger charge is -2.16. The Morgan fingerprint density at radius 3 is 2.90 bits per heavy atom. The minimum atomic E-state index is -0.988. The topological polar surface area (TPSA) is 102 Å². The Balaban J connectivity index is 2.10. The van der Waals surface area contributed by atoms with Gasteiger partial charge in [-0.25, -0.2) is 4.79 Å². The normalized spacial score (nSPS) is 21.7. The van der Waals surface area contributed by atoms with Crippen LogP contribution in [0.15, 0.2) is 12.2 Å². The summed E-state index contributed by atoms with van der Waals surface area (Å²) in [5, 5.41) is 11.3. The second-order valence-corrected chi connectivity index (χ2v) is 5.38. The van der Waals surface area contributed by atoms with Crippen molar-refractivity contribution in [1.82, 2.24) is 5.32 Å².